The van der Waals surface area contributed by atoms with E-state index in [1.54, 1.807) is 0 Å². The van der Waals surface area contributed by atoms with Crippen LogP contribution in [0.25, 0.3) is 11.1 Å². The molecular weight excluding hydrogens is 930 g/mol. The van der Waals surface area contributed by atoms with Gasteiger partial charge in [0.2, 0.25) is 0 Å². The van der Waals surface area contributed by atoms with Crippen LogP contribution in [-0.2, 0) is 48.6 Å². The van der Waals surface area contributed by atoms with E-state index in [1.807, 2.05) is 39.1 Å². The second kappa shape index (κ2) is 14.6. The van der Waals surface area contributed by atoms with E-state index in [2.05, 4.69) is 154 Å². The second-order valence-corrected chi connectivity index (χ2v) is 19.4. The molecule has 1 aliphatic carbocycles. The number of hydrogen-bond acceptors (Lipinski definition) is 5. The molecule has 3 heterocycles. The summed E-state index contributed by atoms with van der Waals surface area (Å²) in [6.45, 7) is 29.8. The smallest absolute Gasteiger partial charge is 0.508 e. The number of nitrogens with zero attached hydrogens (tertiary/aromatic N) is 3. The van der Waals surface area contributed by atoms with Crippen LogP contribution in [0.3, 0.4) is 0 Å². The summed E-state index contributed by atoms with van der Waals surface area (Å²) in [4.78, 5) is 12.4. The number of rotatable bonds is 5. The van der Waals surface area contributed by atoms with Gasteiger partial charge in [0.1, 0.15) is 17.3 Å². The summed E-state index contributed by atoms with van der Waals surface area (Å²) in [5, 5.41) is 0. The van der Waals surface area contributed by atoms with E-state index >= 15 is 0 Å². The van der Waals surface area contributed by atoms with Gasteiger partial charge in [0.25, 0.3) is 0 Å². The first-order chi connectivity index (χ1) is 28.9. The van der Waals surface area contributed by atoms with Crippen molar-refractivity contribution in [2.24, 2.45) is 4.99 Å². The predicted molar refractivity (Wildman–Crippen MR) is 246 cm³/mol. The zero-order valence-corrected chi connectivity index (χ0v) is 40.3. The zero-order chi connectivity index (χ0) is 44.6. The maximum absolute atomic E-state index is 9.52. The number of fused-ring (bicyclic) bond motifs is 5. The number of aryl methyl sites for hydroxylation is 7. The molecule has 61 heavy (non-hydrogen) atoms. The van der Waals surface area contributed by atoms with E-state index in [0.29, 0.717) is 28.5 Å². The fourth-order valence-electron chi connectivity index (χ4n) is 9.62. The Labute approximate surface area is 380 Å². The Balaban J connectivity index is 0.00000544. The summed E-state index contributed by atoms with van der Waals surface area (Å²) < 4.78 is 33.0. The van der Waals surface area contributed by atoms with Crippen molar-refractivity contribution in [1.82, 2.24) is 4.98 Å². The summed E-state index contributed by atoms with van der Waals surface area (Å²) in [7, 11) is 0. The van der Waals surface area contributed by atoms with Crippen LogP contribution >= 0.6 is 0 Å². The van der Waals surface area contributed by atoms with Crippen molar-refractivity contribution in [3.05, 3.63) is 163 Å². The first kappa shape index (κ1) is 40.1. The molecule has 0 spiro atoms. The first-order valence-electron chi connectivity index (χ1n) is 22.1. The van der Waals surface area contributed by atoms with Gasteiger partial charge in [-0.1, -0.05) is 118 Å². The number of benzene rings is 5. The molecular formula is C55H57N3O2Pt. The molecule has 0 radical (unpaired) electrons. The average Bonchev–Trinajstić information content (AvgIpc) is 3.53. The van der Waals surface area contributed by atoms with E-state index in [9.17, 15) is 2.74 Å². The van der Waals surface area contributed by atoms with Crippen LogP contribution in [0, 0.1) is 60.6 Å². The van der Waals surface area contributed by atoms with Crippen molar-refractivity contribution in [3.8, 4) is 22.6 Å². The molecule has 5 nitrogen and oxygen atoms in total. The largest absolute Gasteiger partial charge is 2.00 e. The molecule has 0 N–H and O–H groups in total. The van der Waals surface area contributed by atoms with Gasteiger partial charge in [0, 0.05) is 38.1 Å². The number of ether oxygens (including phenoxy) is 2. The van der Waals surface area contributed by atoms with Crippen LogP contribution < -0.4 is 9.64 Å². The van der Waals surface area contributed by atoms with Gasteiger partial charge in [-0.3, -0.25) is 4.99 Å². The molecule has 0 amide bonds. The molecule has 0 bridgehead atoms. The minimum atomic E-state index is -1.79. The topological polar surface area (TPSA) is 47.0 Å². The molecule has 3 aliphatic rings. The molecule has 9 rings (SSSR count). The molecule has 2 aliphatic heterocycles. The molecule has 6 heteroatoms. The number of aromatic nitrogens is 1. The minimum absolute atomic E-state index is 0. The minimum Gasteiger partial charge on any atom is -0.508 e. The van der Waals surface area contributed by atoms with Crippen LogP contribution in [0.15, 0.2) is 84.0 Å². The molecule has 0 unspecified atom stereocenters. The summed E-state index contributed by atoms with van der Waals surface area (Å²) >= 11 is 0. The van der Waals surface area contributed by atoms with Crippen molar-refractivity contribution in [3.63, 3.8) is 0 Å². The van der Waals surface area contributed by atoms with Crippen LogP contribution in [0.2, 0.25) is 0 Å². The molecule has 0 saturated carbocycles. The van der Waals surface area contributed by atoms with Gasteiger partial charge in [-0.2, -0.15) is 6.07 Å². The maximum atomic E-state index is 9.52. The fourth-order valence-corrected chi connectivity index (χ4v) is 9.62. The van der Waals surface area contributed by atoms with E-state index in [0.717, 1.165) is 67.3 Å². The Morgan fingerprint density at radius 2 is 1.43 bits per heavy atom. The van der Waals surface area contributed by atoms with Gasteiger partial charge in [-0.05, 0) is 129 Å². The van der Waals surface area contributed by atoms with Crippen molar-refractivity contribution >= 4 is 23.1 Å². The fraction of sp³-hybridized carbons (Fsp3) is 0.345. The maximum Gasteiger partial charge on any atom is 2.00 e. The average molecular weight is 989 g/mol. The number of pyridine rings is 1. The number of anilines is 3. The van der Waals surface area contributed by atoms with Gasteiger partial charge in [-0.25, -0.2) is 4.98 Å². The summed E-state index contributed by atoms with van der Waals surface area (Å²) in [6.07, 6.45) is 0.118. The Kier molecular flexibility index (Phi) is 9.57. The molecule has 0 saturated heterocycles. The summed E-state index contributed by atoms with van der Waals surface area (Å²) in [5.74, 6) is 2.22. The molecule has 0 fully saturated rings. The van der Waals surface area contributed by atoms with Crippen LogP contribution in [-0.4, -0.2) is 16.4 Å². The van der Waals surface area contributed by atoms with Crippen molar-refractivity contribution < 1.29 is 33.3 Å². The van der Waals surface area contributed by atoms with Crippen molar-refractivity contribution in [2.45, 2.75) is 125 Å². The van der Waals surface area contributed by atoms with E-state index in [4.69, 9.17) is 19.5 Å². The normalized spacial score (nSPS) is 20.9. The Morgan fingerprint density at radius 3 is 2.13 bits per heavy atom. The molecule has 314 valence electrons. The summed E-state index contributed by atoms with van der Waals surface area (Å²) in [5.41, 5.74) is 14.6. The monoisotopic (exact) mass is 988 g/mol. The molecule has 2 atom stereocenters. The third-order valence-corrected chi connectivity index (χ3v) is 13.3. The zero-order valence-electron chi connectivity index (χ0n) is 40.0. The van der Waals surface area contributed by atoms with Crippen LogP contribution in [0.4, 0.5) is 17.2 Å². The molecule has 1 aromatic heterocycles. The van der Waals surface area contributed by atoms with Gasteiger partial charge in [-0.15, -0.1) is 23.3 Å². The predicted octanol–water partition coefficient (Wildman–Crippen LogP) is 13.7. The Hall–Kier alpha value is -4.99. The third-order valence-electron chi connectivity index (χ3n) is 13.3. The SMILES string of the molecule is [2H]C1([2H])c2cc(C)c(C)cc2[C@]2(C)OC(c3[c-]c(Oc4[c-]c5c(cc4C)C(C)(C)c4cc(C)ccc4N5c4cc(C(C)(C)C)ccn4)cc(-c4c(C)cc(C)cc4C)c3)=N[C@]12C.[Pt+2]. The van der Waals surface area contributed by atoms with Gasteiger partial charge in [0.05, 0.1) is 5.54 Å². The van der Waals surface area contributed by atoms with Gasteiger partial charge in [0.15, 0.2) is 0 Å². The number of hydrogen-bond donors (Lipinski definition) is 0. The van der Waals surface area contributed by atoms with Gasteiger partial charge >= 0.3 is 21.1 Å². The number of aliphatic imine (C=N–C) groups is 1. The van der Waals surface area contributed by atoms with Crippen molar-refractivity contribution in [1.29, 1.82) is 0 Å². The summed E-state index contributed by atoms with van der Waals surface area (Å²) in [6, 6.07) is 33.1. The van der Waals surface area contributed by atoms with Crippen molar-refractivity contribution in [2.75, 3.05) is 4.90 Å². The van der Waals surface area contributed by atoms with E-state index in [1.165, 1.54) is 22.3 Å². The van der Waals surface area contributed by atoms with E-state index < -0.39 is 17.5 Å². The second-order valence-electron chi connectivity index (χ2n) is 19.4. The standard InChI is InChI=1S/C55H57N3O2.Pt/c1-31-15-16-46-44(21-31)53(11,12)45-24-35(5)48(29-47(45)58(46)49-28-41(17-18-56-49)52(8,9)10)59-42-26-38(50-36(6)19-32(2)20-37(50)7)25-39(27-42)51-57-54(13)30-40-22-33(3)34(4)23-43(40)55(54,14)60-51;/h15-26,28H,30H2,1-14H3;/q-2;+2/t54-,55+;/m1./s1/i30D2;. The third kappa shape index (κ3) is 6.87. The van der Waals surface area contributed by atoms with Crippen LogP contribution in [0.5, 0.6) is 11.5 Å². The van der Waals surface area contributed by atoms with Crippen LogP contribution in [0.1, 0.15) is 124 Å². The Bertz CT molecular complexity index is 2900. The quantitative estimate of drug-likeness (QED) is 0.162. The van der Waals surface area contributed by atoms with E-state index in [-0.39, 0.29) is 31.9 Å². The molecule has 5 aromatic carbocycles. The first-order valence-corrected chi connectivity index (χ1v) is 21.1. The Morgan fingerprint density at radius 1 is 0.738 bits per heavy atom. The van der Waals surface area contributed by atoms with Gasteiger partial charge < -0.3 is 14.4 Å². The molecule has 6 aromatic rings.